The van der Waals surface area contributed by atoms with Gasteiger partial charge in [0.15, 0.2) is 6.10 Å². The minimum Gasteiger partial charge on any atom is -0.481 e. The van der Waals surface area contributed by atoms with Gasteiger partial charge < -0.3 is 15.8 Å². The molecule has 23 heavy (non-hydrogen) atoms. The smallest absolute Gasteiger partial charge is 0.153 e. The van der Waals surface area contributed by atoms with Gasteiger partial charge in [-0.3, -0.25) is 0 Å². The van der Waals surface area contributed by atoms with Gasteiger partial charge in [0.25, 0.3) is 0 Å². The van der Waals surface area contributed by atoms with E-state index in [1.807, 2.05) is 37.3 Å². The minimum atomic E-state index is -0.160. The SMILES string of the molecule is CC1Oc2ccc(CCNCc3cccc(Cl)c3)cc2N=C1N. The molecular weight excluding hydrogens is 310 g/mol. The number of rotatable bonds is 5. The zero-order valence-corrected chi connectivity index (χ0v) is 13.8. The molecule has 3 rings (SSSR count). The highest BCUT2D eigenvalue weighted by Crippen LogP contribution is 2.32. The van der Waals surface area contributed by atoms with Crippen LogP contribution in [0, 0.1) is 0 Å². The van der Waals surface area contributed by atoms with E-state index < -0.39 is 0 Å². The third-order valence-electron chi connectivity index (χ3n) is 3.80. The maximum absolute atomic E-state index is 5.98. The van der Waals surface area contributed by atoms with Gasteiger partial charge >= 0.3 is 0 Å². The molecule has 3 N–H and O–H groups in total. The van der Waals surface area contributed by atoms with Crippen molar-refractivity contribution in [3.05, 3.63) is 58.6 Å². The van der Waals surface area contributed by atoms with Crippen molar-refractivity contribution < 1.29 is 4.74 Å². The number of amidine groups is 1. The summed E-state index contributed by atoms with van der Waals surface area (Å²) in [5, 5.41) is 4.19. The molecule has 120 valence electrons. The van der Waals surface area contributed by atoms with Crippen LogP contribution in [-0.4, -0.2) is 18.5 Å². The van der Waals surface area contributed by atoms with Gasteiger partial charge in [0.1, 0.15) is 17.3 Å². The largest absolute Gasteiger partial charge is 0.481 e. The summed E-state index contributed by atoms with van der Waals surface area (Å²) in [6, 6.07) is 14.0. The highest BCUT2D eigenvalue weighted by Gasteiger charge is 2.17. The molecule has 2 aromatic carbocycles. The number of aliphatic imine (C=N–C) groups is 1. The number of nitrogens with zero attached hydrogens (tertiary/aromatic N) is 1. The van der Waals surface area contributed by atoms with Crippen molar-refractivity contribution in [1.29, 1.82) is 0 Å². The molecule has 0 aromatic heterocycles. The molecule has 0 spiro atoms. The molecular formula is C18H20ClN3O. The van der Waals surface area contributed by atoms with Gasteiger partial charge in [0, 0.05) is 11.6 Å². The maximum Gasteiger partial charge on any atom is 0.153 e. The lowest BCUT2D eigenvalue weighted by Crippen LogP contribution is -2.33. The van der Waals surface area contributed by atoms with Gasteiger partial charge in [-0.05, 0) is 55.3 Å². The van der Waals surface area contributed by atoms with E-state index in [0.717, 1.165) is 36.0 Å². The summed E-state index contributed by atoms with van der Waals surface area (Å²) in [7, 11) is 0. The number of hydrogen-bond donors (Lipinski definition) is 2. The first-order valence-corrected chi connectivity index (χ1v) is 8.08. The first-order valence-electron chi connectivity index (χ1n) is 7.70. The highest BCUT2D eigenvalue weighted by molar-refractivity contribution is 6.30. The van der Waals surface area contributed by atoms with Gasteiger partial charge in [-0.25, -0.2) is 4.99 Å². The fraction of sp³-hybridized carbons (Fsp3) is 0.278. The van der Waals surface area contributed by atoms with Gasteiger partial charge in [-0.2, -0.15) is 0 Å². The van der Waals surface area contributed by atoms with Crippen LogP contribution in [0.3, 0.4) is 0 Å². The van der Waals surface area contributed by atoms with Gasteiger partial charge in [-0.1, -0.05) is 29.8 Å². The highest BCUT2D eigenvalue weighted by atomic mass is 35.5. The van der Waals surface area contributed by atoms with Crippen LogP contribution in [0.4, 0.5) is 5.69 Å². The number of ether oxygens (including phenoxy) is 1. The van der Waals surface area contributed by atoms with E-state index in [4.69, 9.17) is 22.1 Å². The fourth-order valence-corrected chi connectivity index (χ4v) is 2.71. The van der Waals surface area contributed by atoms with Crippen LogP contribution < -0.4 is 15.8 Å². The summed E-state index contributed by atoms with van der Waals surface area (Å²) in [5.74, 6) is 1.32. The molecule has 0 radical (unpaired) electrons. The van der Waals surface area contributed by atoms with Crippen molar-refractivity contribution in [1.82, 2.24) is 5.32 Å². The average molecular weight is 330 g/mol. The Bertz CT molecular complexity index is 730. The number of fused-ring (bicyclic) bond motifs is 1. The monoisotopic (exact) mass is 329 g/mol. The van der Waals surface area contributed by atoms with Gasteiger partial charge in [0.05, 0.1) is 0 Å². The van der Waals surface area contributed by atoms with E-state index in [2.05, 4.69) is 22.4 Å². The zero-order valence-electron chi connectivity index (χ0n) is 13.1. The van der Waals surface area contributed by atoms with Crippen molar-refractivity contribution in [2.24, 2.45) is 10.7 Å². The quantitative estimate of drug-likeness (QED) is 0.826. The summed E-state index contributed by atoms with van der Waals surface area (Å²) < 4.78 is 5.71. The molecule has 0 aliphatic carbocycles. The molecule has 0 amide bonds. The Morgan fingerprint density at radius 2 is 2.09 bits per heavy atom. The molecule has 5 heteroatoms. The first-order chi connectivity index (χ1) is 11.1. The van der Waals surface area contributed by atoms with Crippen LogP contribution in [0.2, 0.25) is 5.02 Å². The lowest BCUT2D eigenvalue weighted by Gasteiger charge is -2.21. The molecule has 1 aliphatic rings. The van der Waals surface area contributed by atoms with Crippen molar-refractivity contribution in [3.63, 3.8) is 0 Å². The third kappa shape index (κ3) is 4.03. The number of nitrogens with one attached hydrogen (secondary N) is 1. The normalized spacial score (nSPS) is 16.4. The second-order valence-corrected chi connectivity index (χ2v) is 6.09. The molecule has 1 heterocycles. The van der Waals surface area contributed by atoms with Crippen LogP contribution >= 0.6 is 11.6 Å². The predicted molar refractivity (Wildman–Crippen MR) is 94.7 cm³/mol. The van der Waals surface area contributed by atoms with Crippen molar-refractivity contribution >= 4 is 23.1 Å². The molecule has 1 unspecified atom stereocenters. The molecule has 4 nitrogen and oxygen atoms in total. The van der Waals surface area contributed by atoms with Crippen molar-refractivity contribution in [3.8, 4) is 5.75 Å². The van der Waals surface area contributed by atoms with Crippen LogP contribution in [0.15, 0.2) is 47.5 Å². The minimum absolute atomic E-state index is 0.160. The Hall–Kier alpha value is -2.04. The number of hydrogen-bond acceptors (Lipinski definition) is 4. The Morgan fingerprint density at radius 3 is 2.91 bits per heavy atom. The molecule has 2 aromatic rings. The van der Waals surface area contributed by atoms with E-state index in [1.54, 1.807) is 0 Å². The summed E-state index contributed by atoms with van der Waals surface area (Å²) in [4.78, 5) is 4.41. The molecule has 1 atom stereocenters. The summed E-state index contributed by atoms with van der Waals surface area (Å²) >= 11 is 5.98. The predicted octanol–water partition coefficient (Wildman–Crippen LogP) is 3.44. The van der Waals surface area contributed by atoms with E-state index in [0.29, 0.717) is 5.84 Å². The van der Waals surface area contributed by atoms with Crippen LogP contribution in [-0.2, 0) is 13.0 Å². The van der Waals surface area contributed by atoms with Gasteiger partial charge in [0.2, 0.25) is 0 Å². The Balaban J connectivity index is 1.55. The number of benzene rings is 2. The molecule has 0 saturated heterocycles. The summed E-state index contributed by atoms with van der Waals surface area (Å²) in [6.45, 7) is 3.58. The Labute approximate surface area is 141 Å². The standard InChI is InChI=1S/C18H20ClN3O/c1-12-18(20)22-16-10-13(5-6-17(16)23-12)7-8-21-11-14-3-2-4-15(19)9-14/h2-6,9-10,12,21H,7-8,11H2,1H3,(H2,20,22). The lowest BCUT2D eigenvalue weighted by molar-refractivity contribution is 0.281. The Morgan fingerprint density at radius 1 is 1.22 bits per heavy atom. The number of halogens is 1. The molecule has 1 aliphatic heterocycles. The first kappa shape index (κ1) is 15.8. The topological polar surface area (TPSA) is 59.6 Å². The van der Waals surface area contributed by atoms with Crippen LogP contribution in [0.1, 0.15) is 18.1 Å². The Kier molecular flexibility index (Phi) is 4.84. The lowest BCUT2D eigenvalue weighted by atomic mass is 10.1. The maximum atomic E-state index is 5.98. The van der Waals surface area contributed by atoms with E-state index in [1.165, 1.54) is 11.1 Å². The van der Waals surface area contributed by atoms with E-state index >= 15 is 0 Å². The third-order valence-corrected chi connectivity index (χ3v) is 4.04. The second kappa shape index (κ2) is 7.02. The molecule has 0 bridgehead atoms. The molecule has 0 saturated carbocycles. The summed E-state index contributed by atoms with van der Waals surface area (Å²) in [5.41, 5.74) is 9.04. The average Bonchev–Trinajstić information content (AvgIpc) is 2.53. The van der Waals surface area contributed by atoms with E-state index in [9.17, 15) is 0 Å². The van der Waals surface area contributed by atoms with Crippen molar-refractivity contribution in [2.75, 3.05) is 6.54 Å². The molecule has 0 fully saturated rings. The summed E-state index contributed by atoms with van der Waals surface area (Å²) in [6.07, 6.45) is 0.756. The van der Waals surface area contributed by atoms with Crippen molar-refractivity contribution in [2.45, 2.75) is 26.0 Å². The second-order valence-electron chi connectivity index (χ2n) is 5.66. The van der Waals surface area contributed by atoms with Gasteiger partial charge in [-0.15, -0.1) is 0 Å². The zero-order chi connectivity index (χ0) is 16.2. The van der Waals surface area contributed by atoms with Crippen LogP contribution in [0.25, 0.3) is 0 Å². The van der Waals surface area contributed by atoms with Crippen LogP contribution in [0.5, 0.6) is 5.75 Å². The fourth-order valence-electron chi connectivity index (χ4n) is 2.50. The van der Waals surface area contributed by atoms with E-state index in [-0.39, 0.29) is 6.10 Å². The number of nitrogens with two attached hydrogens (primary N) is 1.